The average molecular weight is 332 g/mol. The largest absolute Gasteiger partial charge is 0.310 e. The highest BCUT2D eigenvalue weighted by atomic mass is 79.9. The number of benzene rings is 1. The number of aryl methyl sites for hydroxylation is 1. The molecule has 102 valence electrons. The lowest BCUT2D eigenvalue weighted by Gasteiger charge is -2.16. The van der Waals surface area contributed by atoms with Gasteiger partial charge in [-0.2, -0.15) is 0 Å². The van der Waals surface area contributed by atoms with Gasteiger partial charge >= 0.3 is 0 Å². The molecular weight excluding hydrogens is 310 g/mol. The van der Waals surface area contributed by atoms with Crippen LogP contribution in [0.3, 0.4) is 0 Å². The van der Waals surface area contributed by atoms with Crippen LogP contribution in [0, 0.1) is 6.92 Å². The Bertz CT molecular complexity index is 422. The van der Waals surface area contributed by atoms with Gasteiger partial charge in [0.15, 0.2) is 0 Å². The maximum atomic E-state index is 11.2. The Morgan fingerprint density at radius 1 is 1.39 bits per heavy atom. The van der Waals surface area contributed by atoms with E-state index in [4.69, 9.17) is 0 Å². The van der Waals surface area contributed by atoms with E-state index in [-0.39, 0.29) is 5.25 Å². The van der Waals surface area contributed by atoms with Gasteiger partial charge in [0, 0.05) is 32.8 Å². The molecular formula is C14H22BrNOS. The molecule has 0 radical (unpaired) electrons. The fourth-order valence-electron chi connectivity index (χ4n) is 1.72. The predicted molar refractivity (Wildman–Crippen MR) is 83.4 cm³/mol. The molecule has 0 bridgehead atoms. The second-order valence-corrected chi connectivity index (χ2v) is 7.44. The highest BCUT2D eigenvalue weighted by Gasteiger charge is 2.09. The molecule has 18 heavy (non-hydrogen) atoms. The number of hydrogen-bond donors (Lipinski definition) is 1. The molecule has 0 aromatic heterocycles. The fraction of sp³-hybridized carbons (Fsp3) is 0.571. The van der Waals surface area contributed by atoms with Gasteiger partial charge in [0.25, 0.3) is 0 Å². The lowest BCUT2D eigenvalue weighted by atomic mass is 10.1. The SMILES string of the molecule is Cc1cc([C@H](C)NCC[C@@H](C)[S@@](C)=O)ccc1Br. The van der Waals surface area contributed by atoms with E-state index in [1.807, 2.05) is 6.92 Å². The van der Waals surface area contributed by atoms with E-state index >= 15 is 0 Å². The fourth-order valence-corrected chi connectivity index (χ4v) is 2.42. The molecule has 3 atom stereocenters. The summed E-state index contributed by atoms with van der Waals surface area (Å²) >= 11 is 3.51. The third-order valence-electron chi connectivity index (χ3n) is 3.25. The van der Waals surface area contributed by atoms with Crippen LogP contribution in [0.25, 0.3) is 0 Å². The zero-order chi connectivity index (χ0) is 13.7. The standard InChI is InChI=1S/C14H22BrNOS/c1-10-9-13(5-6-14(10)15)12(3)16-8-7-11(2)18(4)17/h5-6,9,11-12,16H,7-8H2,1-4H3/t11-,12+,18-/m1/s1. The van der Waals surface area contributed by atoms with Gasteiger partial charge in [-0.15, -0.1) is 0 Å². The molecule has 0 spiro atoms. The Kier molecular flexibility index (Phi) is 6.53. The molecule has 0 fully saturated rings. The van der Waals surface area contributed by atoms with Crippen molar-refractivity contribution in [2.75, 3.05) is 12.8 Å². The Morgan fingerprint density at radius 2 is 2.06 bits per heavy atom. The van der Waals surface area contributed by atoms with Gasteiger partial charge in [-0.05, 0) is 44.0 Å². The highest BCUT2D eigenvalue weighted by molar-refractivity contribution is 9.10. The monoisotopic (exact) mass is 331 g/mol. The third kappa shape index (κ3) is 4.82. The minimum atomic E-state index is -0.722. The first-order chi connectivity index (χ1) is 8.41. The normalized spacial score (nSPS) is 16.3. The molecule has 0 saturated heterocycles. The zero-order valence-electron chi connectivity index (χ0n) is 11.5. The summed E-state index contributed by atoms with van der Waals surface area (Å²) in [5.41, 5.74) is 2.55. The Balaban J connectivity index is 2.47. The van der Waals surface area contributed by atoms with Crippen molar-refractivity contribution in [1.29, 1.82) is 0 Å². The van der Waals surface area contributed by atoms with Crippen LogP contribution in [0.5, 0.6) is 0 Å². The maximum absolute atomic E-state index is 11.2. The lowest BCUT2D eigenvalue weighted by molar-refractivity contribution is 0.553. The van der Waals surface area contributed by atoms with Crippen LogP contribution in [-0.2, 0) is 10.8 Å². The minimum absolute atomic E-state index is 0.261. The summed E-state index contributed by atoms with van der Waals surface area (Å²) in [7, 11) is -0.722. The summed E-state index contributed by atoms with van der Waals surface area (Å²) in [5, 5.41) is 3.74. The molecule has 0 aliphatic heterocycles. The van der Waals surface area contributed by atoms with Gasteiger partial charge in [0.1, 0.15) is 0 Å². The van der Waals surface area contributed by atoms with Crippen LogP contribution in [0.2, 0.25) is 0 Å². The number of hydrogen-bond acceptors (Lipinski definition) is 2. The molecule has 1 N–H and O–H groups in total. The topological polar surface area (TPSA) is 29.1 Å². The van der Waals surface area contributed by atoms with Gasteiger partial charge in [-0.25, -0.2) is 0 Å². The number of halogens is 1. The van der Waals surface area contributed by atoms with Gasteiger partial charge in [-0.3, -0.25) is 4.21 Å². The van der Waals surface area contributed by atoms with Gasteiger partial charge in [0.2, 0.25) is 0 Å². The first-order valence-electron chi connectivity index (χ1n) is 6.23. The van der Waals surface area contributed by atoms with Crippen LogP contribution < -0.4 is 5.32 Å². The van der Waals surface area contributed by atoms with Crippen molar-refractivity contribution < 1.29 is 4.21 Å². The molecule has 4 heteroatoms. The molecule has 2 nitrogen and oxygen atoms in total. The van der Waals surface area contributed by atoms with E-state index in [9.17, 15) is 4.21 Å². The first-order valence-corrected chi connectivity index (χ1v) is 8.65. The molecule has 0 unspecified atom stereocenters. The van der Waals surface area contributed by atoms with Crippen molar-refractivity contribution in [2.24, 2.45) is 0 Å². The van der Waals surface area contributed by atoms with E-state index in [1.54, 1.807) is 6.26 Å². The summed E-state index contributed by atoms with van der Waals surface area (Å²) in [6, 6.07) is 6.75. The van der Waals surface area contributed by atoms with E-state index in [0.29, 0.717) is 6.04 Å². The van der Waals surface area contributed by atoms with Crippen LogP contribution in [-0.4, -0.2) is 22.3 Å². The van der Waals surface area contributed by atoms with Gasteiger partial charge < -0.3 is 5.32 Å². The van der Waals surface area contributed by atoms with E-state index in [1.165, 1.54) is 11.1 Å². The zero-order valence-corrected chi connectivity index (χ0v) is 13.9. The van der Waals surface area contributed by atoms with E-state index in [2.05, 4.69) is 53.3 Å². The molecule has 0 saturated carbocycles. The molecule has 0 aliphatic rings. The van der Waals surface area contributed by atoms with Crippen molar-refractivity contribution in [3.05, 3.63) is 33.8 Å². The molecule has 1 aromatic rings. The quantitative estimate of drug-likeness (QED) is 0.863. The van der Waals surface area contributed by atoms with Crippen molar-refractivity contribution in [3.8, 4) is 0 Å². The summed E-state index contributed by atoms with van der Waals surface area (Å²) < 4.78 is 12.4. The van der Waals surface area contributed by atoms with Gasteiger partial charge in [0.05, 0.1) is 0 Å². The molecule has 1 aromatic carbocycles. The van der Waals surface area contributed by atoms with Crippen molar-refractivity contribution in [1.82, 2.24) is 5.32 Å². The molecule has 1 rings (SSSR count). The Labute approximate surface area is 121 Å². The average Bonchev–Trinajstić information content (AvgIpc) is 2.32. The number of rotatable bonds is 6. The third-order valence-corrected chi connectivity index (χ3v) is 5.51. The van der Waals surface area contributed by atoms with Crippen LogP contribution in [0.1, 0.15) is 37.4 Å². The maximum Gasteiger partial charge on any atom is 0.0329 e. The summed E-state index contributed by atoms with van der Waals surface area (Å²) in [6.07, 6.45) is 2.72. The van der Waals surface area contributed by atoms with Crippen LogP contribution >= 0.6 is 15.9 Å². The van der Waals surface area contributed by atoms with Crippen LogP contribution in [0.4, 0.5) is 0 Å². The summed E-state index contributed by atoms with van der Waals surface area (Å²) in [5.74, 6) is 0. The van der Waals surface area contributed by atoms with Crippen molar-refractivity contribution >= 4 is 26.7 Å². The van der Waals surface area contributed by atoms with Crippen LogP contribution in [0.15, 0.2) is 22.7 Å². The van der Waals surface area contributed by atoms with E-state index < -0.39 is 10.8 Å². The van der Waals surface area contributed by atoms with Crippen molar-refractivity contribution in [2.45, 2.75) is 38.5 Å². The first kappa shape index (κ1) is 15.9. The second-order valence-electron chi connectivity index (χ2n) is 4.78. The van der Waals surface area contributed by atoms with E-state index in [0.717, 1.165) is 17.4 Å². The Hall–Kier alpha value is -0.190. The minimum Gasteiger partial charge on any atom is -0.310 e. The lowest BCUT2D eigenvalue weighted by Crippen LogP contribution is -2.24. The molecule has 0 aliphatic carbocycles. The summed E-state index contributed by atoms with van der Waals surface area (Å²) in [4.78, 5) is 0. The smallest absolute Gasteiger partial charge is 0.0329 e. The van der Waals surface area contributed by atoms with Crippen molar-refractivity contribution in [3.63, 3.8) is 0 Å². The Morgan fingerprint density at radius 3 is 2.61 bits per heavy atom. The summed E-state index contributed by atoms with van der Waals surface area (Å²) in [6.45, 7) is 7.20. The number of nitrogens with one attached hydrogen (secondary N) is 1. The predicted octanol–water partition coefficient (Wildman–Crippen LogP) is 3.57. The highest BCUT2D eigenvalue weighted by Crippen LogP contribution is 2.21. The molecule has 0 amide bonds. The van der Waals surface area contributed by atoms with Gasteiger partial charge in [-0.1, -0.05) is 35.0 Å². The molecule has 0 heterocycles. The second kappa shape index (κ2) is 7.41.